The minimum atomic E-state index is -0.745. The Morgan fingerprint density at radius 3 is 1.44 bits per heavy atom. The highest BCUT2D eigenvalue weighted by molar-refractivity contribution is 5.68. The molecule has 0 aliphatic heterocycles. The van der Waals surface area contributed by atoms with E-state index in [1.807, 2.05) is 0 Å². The van der Waals surface area contributed by atoms with Crippen molar-refractivity contribution in [3.05, 3.63) is 0 Å². The molecule has 0 amide bonds. The fourth-order valence-corrected chi connectivity index (χ4v) is 0.263. The van der Waals surface area contributed by atoms with Gasteiger partial charge in [0.25, 0.3) is 0 Å². The lowest BCUT2D eigenvalue weighted by molar-refractivity contribution is -0.142. The monoisotopic (exact) mass is 240 g/mol. The summed E-state index contributed by atoms with van der Waals surface area (Å²) in [5, 5.41) is 15.3. The molecule has 0 atom stereocenters. The van der Waals surface area contributed by atoms with Gasteiger partial charge in [-0.25, -0.2) is 0 Å². The van der Waals surface area contributed by atoms with Crippen molar-refractivity contribution in [3.8, 4) is 0 Å². The molecule has 100 valence electrons. The third kappa shape index (κ3) is 52.7. The summed E-state index contributed by atoms with van der Waals surface area (Å²) >= 11 is 0. The van der Waals surface area contributed by atoms with Crippen LogP contribution in [0, 0.1) is 0 Å². The van der Waals surface area contributed by atoms with E-state index in [4.69, 9.17) is 10.2 Å². The molecule has 0 aliphatic rings. The molecule has 0 saturated heterocycles. The molecule has 0 heterocycles. The van der Waals surface area contributed by atoms with Crippen LogP contribution in [-0.2, 0) is 14.3 Å². The number of aliphatic carboxylic acids is 1. The normalized spacial score (nSPS) is 7.06. The molecule has 0 rings (SSSR count). The van der Waals surface area contributed by atoms with Gasteiger partial charge in [0.05, 0.1) is 6.61 Å². The largest absolute Gasteiger partial charge is 0.481 e. The SMILES string of the molecule is CCC(=O)O.CCO.CCOC(=O)CC.O. The number of aliphatic hydroxyl groups excluding tert-OH is 1. The number of ether oxygens (including phenoxy) is 1. The van der Waals surface area contributed by atoms with Crippen molar-refractivity contribution in [2.75, 3.05) is 13.2 Å². The van der Waals surface area contributed by atoms with Crippen LogP contribution in [0.1, 0.15) is 40.5 Å². The van der Waals surface area contributed by atoms with E-state index in [0.29, 0.717) is 13.0 Å². The highest BCUT2D eigenvalue weighted by Crippen LogP contribution is 1.80. The zero-order chi connectivity index (χ0) is 12.7. The van der Waals surface area contributed by atoms with Crippen LogP contribution in [-0.4, -0.2) is 40.8 Å². The average molecular weight is 240 g/mol. The summed E-state index contributed by atoms with van der Waals surface area (Å²) < 4.78 is 4.55. The maximum atomic E-state index is 10.2. The molecule has 0 saturated carbocycles. The van der Waals surface area contributed by atoms with Crippen LogP contribution in [0.4, 0.5) is 0 Å². The second kappa shape index (κ2) is 23.6. The molecule has 0 bridgehead atoms. The van der Waals surface area contributed by atoms with Crippen LogP contribution in [0.25, 0.3) is 0 Å². The molecule has 0 spiro atoms. The van der Waals surface area contributed by atoms with Crippen LogP contribution in [0.15, 0.2) is 0 Å². The number of hydrogen-bond acceptors (Lipinski definition) is 4. The molecule has 4 N–H and O–H groups in total. The van der Waals surface area contributed by atoms with E-state index in [0.717, 1.165) is 0 Å². The summed E-state index contributed by atoms with van der Waals surface area (Å²) in [5.41, 5.74) is 0. The van der Waals surface area contributed by atoms with Gasteiger partial charge >= 0.3 is 11.9 Å². The first-order chi connectivity index (χ1) is 6.99. The van der Waals surface area contributed by atoms with Crippen molar-refractivity contribution in [2.45, 2.75) is 40.5 Å². The molecule has 0 aliphatic carbocycles. The van der Waals surface area contributed by atoms with Crippen molar-refractivity contribution in [2.24, 2.45) is 0 Å². The Labute approximate surface area is 96.5 Å². The Hall–Kier alpha value is -1.14. The Morgan fingerprint density at radius 1 is 1.06 bits per heavy atom. The number of hydrogen-bond donors (Lipinski definition) is 2. The number of esters is 1. The first-order valence-electron chi connectivity index (χ1n) is 4.98. The van der Waals surface area contributed by atoms with Gasteiger partial charge in [0.1, 0.15) is 0 Å². The zero-order valence-corrected chi connectivity index (χ0v) is 10.4. The van der Waals surface area contributed by atoms with Crippen LogP contribution < -0.4 is 0 Å². The van der Waals surface area contributed by atoms with Crippen molar-refractivity contribution >= 4 is 11.9 Å². The second-order valence-electron chi connectivity index (χ2n) is 2.22. The lowest BCUT2D eigenvalue weighted by Crippen LogP contribution is -2.00. The van der Waals surface area contributed by atoms with E-state index in [2.05, 4.69) is 4.74 Å². The van der Waals surface area contributed by atoms with E-state index in [-0.39, 0.29) is 24.5 Å². The summed E-state index contributed by atoms with van der Waals surface area (Å²) in [5.74, 6) is -0.868. The fourth-order valence-electron chi connectivity index (χ4n) is 0.263. The molecule has 0 aromatic rings. The third-order valence-corrected chi connectivity index (χ3v) is 0.896. The zero-order valence-electron chi connectivity index (χ0n) is 10.4. The Balaban J connectivity index is -0.0000000710. The quantitative estimate of drug-likeness (QED) is 0.701. The summed E-state index contributed by atoms with van der Waals surface area (Å²) in [6.45, 7) is 7.60. The molecule has 0 aromatic heterocycles. The average Bonchev–Trinajstić information content (AvgIpc) is 2.20. The third-order valence-electron chi connectivity index (χ3n) is 0.896. The van der Waals surface area contributed by atoms with Gasteiger partial charge in [0, 0.05) is 19.4 Å². The molecular weight excluding hydrogens is 216 g/mol. The van der Waals surface area contributed by atoms with Gasteiger partial charge in [-0.1, -0.05) is 13.8 Å². The van der Waals surface area contributed by atoms with Gasteiger partial charge < -0.3 is 20.4 Å². The number of carbonyl (C=O) groups excluding carboxylic acids is 1. The van der Waals surface area contributed by atoms with Crippen molar-refractivity contribution < 1.29 is 30.0 Å². The number of carbonyl (C=O) groups is 2. The first kappa shape index (κ1) is 24.2. The number of aliphatic hydroxyl groups is 1. The standard InChI is InChI=1S/C5H10O2.C3H6O2.C2H6O.H2O/c1-3-5(6)7-4-2;1-2-3(4)5;1-2-3;/h3-4H2,1-2H3;2H2,1H3,(H,4,5);3H,2H2,1H3;1H2. The van der Waals surface area contributed by atoms with Gasteiger partial charge in [0.2, 0.25) is 0 Å². The van der Waals surface area contributed by atoms with E-state index < -0.39 is 5.97 Å². The van der Waals surface area contributed by atoms with E-state index >= 15 is 0 Å². The lowest BCUT2D eigenvalue weighted by Gasteiger charge is -1.93. The maximum Gasteiger partial charge on any atom is 0.305 e. The van der Waals surface area contributed by atoms with E-state index in [1.54, 1.807) is 27.7 Å². The van der Waals surface area contributed by atoms with Gasteiger partial charge in [0.15, 0.2) is 0 Å². The minimum Gasteiger partial charge on any atom is -0.481 e. The predicted molar refractivity (Wildman–Crippen MR) is 61.2 cm³/mol. The lowest BCUT2D eigenvalue weighted by atomic mass is 10.5. The fraction of sp³-hybridized carbons (Fsp3) is 0.800. The van der Waals surface area contributed by atoms with Crippen molar-refractivity contribution in [1.29, 1.82) is 0 Å². The van der Waals surface area contributed by atoms with Gasteiger partial charge in [-0.05, 0) is 13.8 Å². The number of carboxylic acid groups (broad SMARTS) is 1. The summed E-state index contributed by atoms with van der Waals surface area (Å²) in [4.78, 5) is 19.6. The number of rotatable bonds is 3. The van der Waals surface area contributed by atoms with E-state index in [1.165, 1.54) is 0 Å². The highest BCUT2D eigenvalue weighted by atomic mass is 16.5. The predicted octanol–water partition coefficient (Wildman–Crippen LogP) is 0.614. The molecule has 6 nitrogen and oxygen atoms in total. The smallest absolute Gasteiger partial charge is 0.305 e. The number of carboxylic acids is 1. The topological polar surface area (TPSA) is 115 Å². The van der Waals surface area contributed by atoms with Crippen LogP contribution in [0.3, 0.4) is 0 Å². The Morgan fingerprint density at radius 2 is 1.38 bits per heavy atom. The van der Waals surface area contributed by atoms with Gasteiger partial charge in [-0.3, -0.25) is 9.59 Å². The van der Waals surface area contributed by atoms with Crippen LogP contribution >= 0.6 is 0 Å². The highest BCUT2D eigenvalue weighted by Gasteiger charge is 1.91. The first-order valence-corrected chi connectivity index (χ1v) is 4.98. The Kier molecular flexibility index (Phi) is 35.7. The van der Waals surface area contributed by atoms with E-state index in [9.17, 15) is 9.59 Å². The molecule has 0 fully saturated rings. The van der Waals surface area contributed by atoms with Gasteiger partial charge in [-0.2, -0.15) is 0 Å². The summed E-state index contributed by atoms with van der Waals surface area (Å²) in [6.07, 6.45) is 0.702. The molecule has 0 radical (unpaired) electrons. The van der Waals surface area contributed by atoms with Crippen LogP contribution in [0.5, 0.6) is 0 Å². The minimum absolute atomic E-state index is 0. The van der Waals surface area contributed by atoms with Gasteiger partial charge in [-0.15, -0.1) is 0 Å². The van der Waals surface area contributed by atoms with Crippen molar-refractivity contribution in [3.63, 3.8) is 0 Å². The Bertz CT molecular complexity index is 146. The maximum absolute atomic E-state index is 10.2. The summed E-state index contributed by atoms with van der Waals surface area (Å²) in [6, 6.07) is 0. The molecule has 0 aromatic carbocycles. The molecule has 16 heavy (non-hydrogen) atoms. The molecule has 6 heteroatoms. The van der Waals surface area contributed by atoms with Crippen molar-refractivity contribution in [1.82, 2.24) is 0 Å². The van der Waals surface area contributed by atoms with Crippen LogP contribution in [0.2, 0.25) is 0 Å². The molecular formula is C10H24O6. The summed E-state index contributed by atoms with van der Waals surface area (Å²) in [7, 11) is 0. The molecule has 0 unspecified atom stereocenters. The second-order valence-corrected chi connectivity index (χ2v) is 2.22.